The zero-order chi connectivity index (χ0) is 31.5. The van der Waals surface area contributed by atoms with Crippen LogP contribution in [-0.2, 0) is 35.4 Å². The number of hydrogen-bond acceptors (Lipinski definition) is 9. The van der Waals surface area contributed by atoms with E-state index in [1.165, 1.54) is 19.2 Å². The van der Waals surface area contributed by atoms with Gasteiger partial charge in [0.1, 0.15) is 6.54 Å². The lowest BCUT2D eigenvalue weighted by Gasteiger charge is -2.27. The van der Waals surface area contributed by atoms with E-state index in [-0.39, 0.29) is 16.3 Å². The summed E-state index contributed by atoms with van der Waals surface area (Å²) in [6, 6.07) is 12.3. The predicted octanol–water partition coefficient (Wildman–Crippen LogP) is 2.38. The molecular formula is C26H30F3N5O7S. The van der Waals surface area contributed by atoms with Gasteiger partial charge in [-0.3, -0.25) is 9.59 Å². The Kier molecular flexibility index (Phi) is 9.79. The summed E-state index contributed by atoms with van der Waals surface area (Å²) in [5, 5.41) is 15.4. The van der Waals surface area contributed by atoms with Crippen molar-refractivity contribution in [3.05, 3.63) is 71.1 Å². The van der Waals surface area contributed by atoms with Gasteiger partial charge in [0.2, 0.25) is 0 Å². The molecule has 0 aliphatic rings. The number of quaternary nitrogens is 1. The summed E-state index contributed by atoms with van der Waals surface area (Å²) in [5.74, 6) is -1.69. The zero-order valence-electron chi connectivity index (χ0n) is 23.4. The number of aryl methyl sites for hydroxylation is 1. The molecule has 0 bridgehead atoms. The fourth-order valence-corrected chi connectivity index (χ4v) is 4.37. The molecule has 1 unspecified atom stereocenters. The summed E-state index contributed by atoms with van der Waals surface area (Å²) < 4.78 is 73.5. The maximum Gasteiger partial charge on any atom is 0.435 e. The minimum Gasteiger partial charge on any atom is -0.579 e. The van der Waals surface area contributed by atoms with Gasteiger partial charge in [-0.15, -0.1) is 15.2 Å². The Morgan fingerprint density at radius 3 is 2.21 bits per heavy atom. The minimum atomic E-state index is -4.71. The summed E-state index contributed by atoms with van der Waals surface area (Å²) in [7, 11) is -3.25. The van der Waals surface area contributed by atoms with Gasteiger partial charge < -0.3 is 9.94 Å². The molecule has 1 heterocycles. The summed E-state index contributed by atoms with van der Waals surface area (Å²) >= 11 is 0. The highest BCUT2D eigenvalue weighted by Gasteiger charge is 2.35. The van der Waals surface area contributed by atoms with Crippen LogP contribution in [0.4, 0.5) is 13.2 Å². The van der Waals surface area contributed by atoms with E-state index in [0.29, 0.717) is 5.56 Å². The second-order valence-corrected chi connectivity index (χ2v) is 12.0. The topological polar surface area (TPSA) is 147 Å². The Morgan fingerprint density at radius 2 is 1.67 bits per heavy atom. The maximum absolute atomic E-state index is 13.4. The number of rotatable bonds is 10. The molecule has 0 aliphatic carbocycles. The molecular weight excluding hydrogens is 583 g/mol. The van der Waals surface area contributed by atoms with E-state index < -0.39 is 57.9 Å². The van der Waals surface area contributed by atoms with Crippen molar-refractivity contribution in [2.24, 2.45) is 5.41 Å². The van der Waals surface area contributed by atoms with Crippen molar-refractivity contribution in [3.8, 4) is 16.9 Å². The Morgan fingerprint density at radius 1 is 1.07 bits per heavy atom. The lowest BCUT2D eigenvalue weighted by molar-refractivity contribution is -1.14. The highest BCUT2D eigenvalue weighted by Crippen LogP contribution is 2.33. The SMILES string of the molecule is Cc1ccc(-c2cc(C(F)(F)F)nn2-c2ccc(S(=O)(=O)NC(=O)CN(C)[NH+]([O-])OCOC(=O)C(C)(C)C)cc2)cc1. The first-order chi connectivity index (χ1) is 19.4. The first-order valence-corrected chi connectivity index (χ1v) is 13.8. The number of sulfonamides is 1. The molecule has 228 valence electrons. The average Bonchev–Trinajstić information content (AvgIpc) is 3.34. The Labute approximate surface area is 240 Å². The molecule has 16 heteroatoms. The maximum atomic E-state index is 13.4. The van der Waals surface area contributed by atoms with Crippen LogP contribution in [0.25, 0.3) is 16.9 Å². The third-order valence-electron chi connectivity index (χ3n) is 5.66. The lowest BCUT2D eigenvalue weighted by Crippen LogP contribution is -3.13. The summed E-state index contributed by atoms with van der Waals surface area (Å²) in [4.78, 5) is 28.4. The standard InChI is InChI=1S/C26H30F3N5O7S/c1-17-6-8-18(9-7-17)21-14-22(26(27,28)29)30-33(21)19-10-12-20(13-11-19)42(38,39)31-23(35)15-32(5)34(37)41-16-40-24(36)25(2,3)4/h6-14,34H,15-16H2,1-5H3,(H,31,35). The molecule has 0 aliphatic heterocycles. The average molecular weight is 614 g/mol. The van der Waals surface area contributed by atoms with E-state index in [0.717, 1.165) is 33.5 Å². The van der Waals surface area contributed by atoms with Crippen molar-refractivity contribution >= 4 is 21.9 Å². The molecule has 2 N–H and O–H groups in total. The summed E-state index contributed by atoms with van der Waals surface area (Å²) in [6.07, 6.45) is -4.71. The summed E-state index contributed by atoms with van der Waals surface area (Å²) in [5.41, 5.74) is -0.310. The second-order valence-electron chi connectivity index (χ2n) is 10.3. The van der Waals surface area contributed by atoms with Gasteiger partial charge in [0, 0.05) is 12.6 Å². The van der Waals surface area contributed by atoms with Crippen LogP contribution in [0.1, 0.15) is 32.0 Å². The largest absolute Gasteiger partial charge is 0.579 e. The van der Waals surface area contributed by atoms with E-state index in [1.807, 2.05) is 6.92 Å². The smallest absolute Gasteiger partial charge is 0.435 e. The van der Waals surface area contributed by atoms with Crippen molar-refractivity contribution in [2.75, 3.05) is 20.4 Å². The second kappa shape index (κ2) is 12.6. The molecule has 0 radical (unpaired) electrons. The van der Waals surface area contributed by atoms with Crippen molar-refractivity contribution in [1.82, 2.24) is 19.5 Å². The van der Waals surface area contributed by atoms with Crippen LogP contribution in [0.15, 0.2) is 59.5 Å². The normalized spacial score (nSPS) is 13.2. The van der Waals surface area contributed by atoms with Gasteiger partial charge in [0.05, 0.1) is 21.7 Å². The Hall–Kier alpha value is -3.83. The quantitative estimate of drug-likeness (QED) is 0.200. The van der Waals surface area contributed by atoms with Crippen LogP contribution >= 0.6 is 0 Å². The fourth-order valence-electron chi connectivity index (χ4n) is 3.39. The Bertz CT molecular complexity index is 1520. The van der Waals surface area contributed by atoms with Crippen molar-refractivity contribution in [3.63, 3.8) is 0 Å². The van der Waals surface area contributed by atoms with Gasteiger partial charge >= 0.3 is 12.1 Å². The number of esters is 1. The molecule has 3 aromatic rings. The van der Waals surface area contributed by atoms with Gasteiger partial charge in [-0.05, 0) is 58.0 Å². The Balaban J connectivity index is 1.70. The van der Waals surface area contributed by atoms with Crippen molar-refractivity contribution in [1.29, 1.82) is 0 Å². The van der Waals surface area contributed by atoms with Gasteiger partial charge in [0.15, 0.2) is 5.69 Å². The van der Waals surface area contributed by atoms with Gasteiger partial charge in [-0.1, -0.05) is 29.8 Å². The van der Waals surface area contributed by atoms with Gasteiger partial charge in [-0.2, -0.15) is 18.3 Å². The highest BCUT2D eigenvalue weighted by molar-refractivity contribution is 7.90. The van der Waals surface area contributed by atoms with E-state index in [2.05, 4.69) is 5.10 Å². The number of halogens is 3. The molecule has 0 saturated carbocycles. The van der Waals surface area contributed by atoms with Crippen LogP contribution in [0, 0.1) is 17.5 Å². The number of ether oxygens (including phenoxy) is 1. The number of carbonyl (C=O) groups is 2. The van der Waals surface area contributed by atoms with Gasteiger partial charge in [0.25, 0.3) is 22.7 Å². The number of aromatic nitrogens is 2. The monoisotopic (exact) mass is 613 g/mol. The van der Waals surface area contributed by atoms with Gasteiger partial charge in [-0.25, -0.2) is 17.8 Å². The van der Waals surface area contributed by atoms with Crippen LogP contribution in [0.3, 0.4) is 0 Å². The molecule has 0 spiro atoms. The van der Waals surface area contributed by atoms with E-state index in [9.17, 15) is 36.4 Å². The molecule has 0 fully saturated rings. The molecule has 1 atom stereocenters. The number of amides is 1. The van der Waals surface area contributed by atoms with E-state index >= 15 is 0 Å². The molecule has 0 saturated heterocycles. The van der Waals surface area contributed by atoms with E-state index in [4.69, 9.17) is 9.57 Å². The predicted molar refractivity (Wildman–Crippen MR) is 143 cm³/mol. The number of alkyl halides is 3. The molecule has 12 nitrogen and oxygen atoms in total. The molecule has 42 heavy (non-hydrogen) atoms. The summed E-state index contributed by atoms with van der Waals surface area (Å²) in [6.45, 7) is 5.23. The zero-order valence-corrected chi connectivity index (χ0v) is 24.2. The third-order valence-corrected chi connectivity index (χ3v) is 7.05. The number of benzene rings is 2. The van der Waals surface area contributed by atoms with Crippen LogP contribution in [-0.4, -0.2) is 55.5 Å². The molecule has 2 aromatic carbocycles. The molecule has 1 aromatic heterocycles. The number of hydrogen-bond donors (Lipinski definition) is 2. The third kappa shape index (κ3) is 8.36. The number of carbonyl (C=O) groups excluding carboxylic acids is 2. The number of nitrogens with one attached hydrogen (secondary N) is 2. The molecule has 3 rings (SSSR count). The van der Waals surface area contributed by atoms with Crippen LogP contribution in [0.5, 0.6) is 0 Å². The fraction of sp³-hybridized carbons (Fsp3) is 0.346. The van der Waals surface area contributed by atoms with Crippen LogP contribution < -0.4 is 10.1 Å². The highest BCUT2D eigenvalue weighted by atomic mass is 32.2. The first kappa shape index (κ1) is 32.7. The molecule has 1 amide bonds. The first-order valence-electron chi connectivity index (χ1n) is 12.3. The number of nitrogens with zero attached hydrogens (tertiary/aromatic N) is 3. The van der Waals surface area contributed by atoms with Crippen LogP contribution in [0.2, 0.25) is 0 Å². The van der Waals surface area contributed by atoms with Crippen molar-refractivity contribution < 1.29 is 46.1 Å². The lowest BCUT2D eigenvalue weighted by atomic mass is 9.98. The van der Waals surface area contributed by atoms with Crippen molar-refractivity contribution in [2.45, 2.75) is 38.8 Å². The minimum absolute atomic E-state index is 0.134. The number of likely N-dealkylation sites (N-methyl/N-ethyl adjacent to an activating group) is 1. The van der Waals surface area contributed by atoms with E-state index in [1.54, 1.807) is 49.8 Å².